The van der Waals surface area contributed by atoms with Crippen molar-refractivity contribution in [3.05, 3.63) is 23.8 Å². The fraction of sp³-hybridized carbons (Fsp3) is 0.600. The largest absolute Gasteiger partial charge is 0.497 e. The van der Waals surface area contributed by atoms with Gasteiger partial charge in [0.15, 0.2) is 0 Å². The van der Waals surface area contributed by atoms with E-state index in [0.717, 1.165) is 29.5 Å². The highest BCUT2D eigenvalue weighted by atomic mass is 16.5. The average molecular weight is 250 g/mol. The summed E-state index contributed by atoms with van der Waals surface area (Å²) in [4.78, 5) is 2.35. The van der Waals surface area contributed by atoms with E-state index in [1.165, 1.54) is 6.42 Å². The molecule has 0 bridgehead atoms. The van der Waals surface area contributed by atoms with Crippen molar-refractivity contribution >= 4 is 5.69 Å². The Morgan fingerprint density at radius 2 is 1.94 bits per heavy atom. The molecule has 0 aliphatic carbocycles. The molecule has 0 fully saturated rings. The Morgan fingerprint density at radius 1 is 1.28 bits per heavy atom. The first kappa shape index (κ1) is 14.8. The third-order valence-corrected chi connectivity index (χ3v) is 3.34. The maximum absolute atomic E-state index is 6.04. The summed E-state index contributed by atoms with van der Waals surface area (Å²) in [6.07, 6.45) is 1.20. The van der Waals surface area contributed by atoms with Crippen LogP contribution < -0.4 is 10.5 Å². The molecule has 0 spiro atoms. The van der Waals surface area contributed by atoms with Crippen molar-refractivity contribution in [1.29, 1.82) is 0 Å². The lowest BCUT2D eigenvalue weighted by molar-refractivity contribution is 0.221. The number of ether oxygens (including phenoxy) is 1. The second-order valence-electron chi connectivity index (χ2n) is 5.46. The van der Waals surface area contributed by atoms with Gasteiger partial charge in [-0.05, 0) is 37.9 Å². The molecular formula is C15H26N2O. The zero-order chi connectivity index (χ0) is 13.7. The van der Waals surface area contributed by atoms with Crippen LogP contribution >= 0.6 is 0 Å². The zero-order valence-electron chi connectivity index (χ0n) is 12.2. The molecule has 18 heavy (non-hydrogen) atoms. The molecule has 0 radical (unpaired) electrons. The van der Waals surface area contributed by atoms with Crippen molar-refractivity contribution in [3.63, 3.8) is 0 Å². The lowest BCUT2D eigenvalue weighted by Gasteiger charge is -2.26. The Bertz CT molecular complexity index is 377. The van der Waals surface area contributed by atoms with Gasteiger partial charge in [-0.25, -0.2) is 0 Å². The van der Waals surface area contributed by atoms with Gasteiger partial charge >= 0.3 is 0 Å². The monoisotopic (exact) mass is 250 g/mol. The van der Waals surface area contributed by atoms with Gasteiger partial charge < -0.3 is 10.5 Å². The molecule has 3 nitrogen and oxygen atoms in total. The van der Waals surface area contributed by atoms with Crippen molar-refractivity contribution in [3.8, 4) is 5.75 Å². The Kier molecular flexibility index (Phi) is 5.48. The van der Waals surface area contributed by atoms with Crippen LogP contribution in [0.1, 0.15) is 32.8 Å². The molecule has 1 aromatic carbocycles. The standard InChI is InChI=1S/C15H26N2O/c1-11(2)8-12(3)17(4)10-13-6-7-14(18-5)9-15(13)16/h6-7,9,11-12H,8,10,16H2,1-5H3. The van der Waals surface area contributed by atoms with Crippen LogP contribution in [-0.4, -0.2) is 25.1 Å². The van der Waals surface area contributed by atoms with Gasteiger partial charge in [0.1, 0.15) is 5.75 Å². The van der Waals surface area contributed by atoms with Gasteiger partial charge in [-0.2, -0.15) is 0 Å². The lowest BCUT2D eigenvalue weighted by Crippen LogP contribution is -2.30. The van der Waals surface area contributed by atoms with E-state index < -0.39 is 0 Å². The quantitative estimate of drug-likeness (QED) is 0.788. The number of nitrogens with two attached hydrogens (primary N) is 1. The van der Waals surface area contributed by atoms with E-state index in [4.69, 9.17) is 10.5 Å². The number of nitrogen functional groups attached to an aromatic ring is 1. The maximum atomic E-state index is 6.04. The van der Waals surface area contributed by atoms with Crippen molar-refractivity contribution in [2.24, 2.45) is 5.92 Å². The minimum atomic E-state index is 0.562. The fourth-order valence-corrected chi connectivity index (χ4v) is 2.13. The molecule has 3 heteroatoms. The van der Waals surface area contributed by atoms with Crippen LogP contribution in [0.4, 0.5) is 5.69 Å². The molecular weight excluding hydrogens is 224 g/mol. The highest BCUT2D eigenvalue weighted by Crippen LogP contribution is 2.22. The summed E-state index contributed by atoms with van der Waals surface area (Å²) < 4.78 is 5.16. The van der Waals surface area contributed by atoms with Gasteiger partial charge in [0.2, 0.25) is 0 Å². The number of nitrogens with zero attached hydrogens (tertiary/aromatic N) is 1. The minimum Gasteiger partial charge on any atom is -0.497 e. The van der Waals surface area contributed by atoms with Gasteiger partial charge in [0.25, 0.3) is 0 Å². The third kappa shape index (κ3) is 4.22. The SMILES string of the molecule is COc1ccc(CN(C)C(C)CC(C)C)c(N)c1. The molecule has 1 atom stereocenters. The molecule has 0 heterocycles. The average Bonchev–Trinajstić information content (AvgIpc) is 2.30. The molecule has 0 saturated heterocycles. The number of methoxy groups -OCH3 is 1. The summed E-state index contributed by atoms with van der Waals surface area (Å²) in [5.41, 5.74) is 8.00. The zero-order valence-corrected chi connectivity index (χ0v) is 12.2. The molecule has 1 rings (SSSR count). The Labute approximate surface area is 111 Å². The molecule has 0 aromatic heterocycles. The third-order valence-electron chi connectivity index (χ3n) is 3.34. The second kappa shape index (κ2) is 6.64. The molecule has 1 aromatic rings. The highest BCUT2D eigenvalue weighted by Gasteiger charge is 2.12. The topological polar surface area (TPSA) is 38.5 Å². The molecule has 0 aliphatic rings. The van der Waals surface area contributed by atoms with Crippen LogP contribution in [0.2, 0.25) is 0 Å². The molecule has 0 saturated carbocycles. The number of anilines is 1. The fourth-order valence-electron chi connectivity index (χ4n) is 2.13. The van der Waals surface area contributed by atoms with Gasteiger partial charge in [0, 0.05) is 24.3 Å². The van der Waals surface area contributed by atoms with Crippen LogP contribution in [0, 0.1) is 5.92 Å². The first-order valence-corrected chi connectivity index (χ1v) is 6.56. The van der Waals surface area contributed by atoms with E-state index in [2.05, 4.69) is 32.7 Å². The summed E-state index contributed by atoms with van der Waals surface area (Å²) >= 11 is 0. The summed E-state index contributed by atoms with van der Waals surface area (Å²) in [6, 6.07) is 6.46. The second-order valence-corrected chi connectivity index (χ2v) is 5.46. The maximum Gasteiger partial charge on any atom is 0.120 e. The number of rotatable bonds is 6. The van der Waals surface area contributed by atoms with E-state index >= 15 is 0 Å². The molecule has 0 amide bonds. The van der Waals surface area contributed by atoms with E-state index in [1.54, 1.807) is 7.11 Å². The van der Waals surface area contributed by atoms with Crippen LogP contribution in [-0.2, 0) is 6.54 Å². The first-order chi connectivity index (χ1) is 8.43. The molecule has 1 unspecified atom stereocenters. The van der Waals surface area contributed by atoms with Crippen LogP contribution in [0.25, 0.3) is 0 Å². The smallest absolute Gasteiger partial charge is 0.120 e. The van der Waals surface area contributed by atoms with Gasteiger partial charge in [-0.3, -0.25) is 4.90 Å². The summed E-state index contributed by atoms with van der Waals surface area (Å²) in [5.74, 6) is 1.53. The minimum absolute atomic E-state index is 0.562. The van der Waals surface area contributed by atoms with Crippen molar-refractivity contribution in [2.45, 2.75) is 39.8 Å². The van der Waals surface area contributed by atoms with Gasteiger partial charge in [-0.1, -0.05) is 19.9 Å². The van der Waals surface area contributed by atoms with E-state index in [1.807, 2.05) is 18.2 Å². The Hall–Kier alpha value is -1.22. The van der Waals surface area contributed by atoms with Crippen LogP contribution in [0.5, 0.6) is 5.75 Å². The molecule has 2 N–H and O–H groups in total. The van der Waals surface area contributed by atoms with Gasteiger partial charge in [-0.15, -0.1) is 0 Å². The molecule has 102 valence electrons. The van der Waals surface area contributed by atoms with Gasteiger partial charge in [0.05, 0.1) is 7.11 Å². The number of hydrogen-bond acceptors (Lipinski definition) is 3. The summed E-state index contributed by atoms with van der Waals surface area (Å²) in [5, 5.41) is 0. The Balaban J connectivity index is 2.66. The lowest BCUT2D eigenvalue weighted by atomic mass is 10.0. The van der Waals surface area contributed by atoms with Crippen LogP contribution in [0.3, 0.4) is 0 Å². The highest BCUT2D eigenvalue weighted by molar-refractivity contribution is 5.51. The first-order valence-electron chi connectivity index (χ1n) is 6.56. The van der Waals surface area contributed by atoms with Crippen molar-refractivity contribution in [1.82, 2.24) is 4.90 Å². The van der Waals surface area contributed by atoms with E-state index in [-0.39, 0.29) is 0 Å². The summed E-state index contributed by atoms with van der Waals surface area (Å²) in [7, 11) is 3.81. The predicted molar refractivity (Wildman–Crippen MR) is 77.8 cm³/mol. The number of benzene rings is 1. The normalized spacial score (nSPS) is 13.1. The molecule has 0 aliphatic heterocycles. The van der Waals surface area contributed by atoms with Crippen molar-refractivity contribution in [2.75, 3.05) is 19.9 Å². The van der Waals surface area contributed by atoms with E-state index in [0.29, 0.717) is 6.04 Å². The summed E-state index contributed by atoms with van der Waals surface area (Å²) in [6.45, 7) is 7.65. The van der Waals surface area contributed by atoms with Crippen molar-refractivity contribution < 1.29 is 4.74 Å². The number of hydrogen-bond donors (Lipinski definition) is 1. The predicted octanol–water partition coefficient (Wildman–Crippen LogP) is 3.14. The Morgan fingerprint density at radius 3 is 2.44 bits per heavy atom. The van der Waals surface area contributed by atoms with Crippen LogP contribution in [0.15, 0.2) is 18.2 Å². The van der Waals surface area contributed by atoms with E-state index in [9.17, 15) is 0 Å².